The third-order valence-electron chi connectivity index (χ3n) is 4.18. The molecule has 0 radical (unpaired) electrons. The van der Waals surface area contributed by atoms with E-state index in [0.29, 0.717) is 11.7 Å². The molecule has 3 heteroatoms. The molecule has 0 heterocycles. The van der Waals surface area contributed by atoms with E-state index in [1.165, 1.54) is 31.4 Å². The minimum Gasteiger partial charge on any atom is -0.496 e. The van der Waals surface area contributed by atoms with Crippen LogP contribution in [0.25, 0.3) is 0 Å². The Morgan fingerprint density at radius 1 is 1.29 bits per heavy atom. The number of methoxy groups -OCH3 is 1. The summed E-state index contributed by atoms with van der Waals surface area (Å²) in [6, 6.07) is 4.59. The first-order valence-electron chi connectivity index (χ1n) is 6.16. The minimum absolute atomic E-state index is 0.117. The SMILES string of the molecule is COc1ccc(F)cc1C(Cl)C1CC2CC2C1. The van der Waals surface area contributed by atoms with Gasteiger partial charge in [0, 0.05) is 5.56 Å². The molecule has 0 bridgehead atoms. The van der Waals surface area contributed by atoms with Gasteiger partial charge in [0.25, 0.3) is 0 Å². The van der Waals surface area contributed by atoms with Gasteiger partial charge in [-0.2, -0.15) is 0 Å². The van der Waals surface area contributed by atoms with Crippen LogP contribution in [0, 0.1) is 23.6 Å². The maximum Gasteiger partial charge on any atom is 0.123 e. The van der Waals surface area contributed by atoms with Crippen LogP contribution in [0.15, 0.2) is 18.2 Å². The summed E-state index contributed by atoms with van der Waals surface area (Å²) in [6.07, 6.45) is 3.76. The molecule has 3 unspecified atom stereocenters. The predicted octanol–water partition coefficient (Wildman–Crippen LogP) is 4.16. The van der Waals surface area contributed by atoms with Gasteiger partial charge in [-0.1, -0.05) is 0 Å². The second-order valence-electron chi connectivity index (χ2n) is 5.28. The molecular weight excluding hydrogens is 239 g/mol. The molecule has 0 aromatic heterocycles. The van der Waals surface area contributed by atoms with Gasteiger partial charge < -0.3 is 4.74 Å². The van der Waals surface area contributed by atoms with Crippen molar-refractivity contribution in [1.29, 1.82) is 0 Å². The lowest BCUT2D eigenvalue weighted by atomic mass is 9.93. The first kappa shape index (κ1) is 11.3. The van der Waals surface area contributed by atoms with Crippen LogP contribution in [0.4, 0.5) is 4.39 Å². The Morgan fingerprint density at radius 3 is 2.65 bits per heavy atom. The molecule has 3 atom stereocenters. The topological polar surface area (TPSA) is 9.23 Å². The average Bonchev–Trinajstić information content (AvgIpc) is 2.95. The Balaban J connectivity index is 1.84. The molecule has 1 aromatic carbocycles. The summed E-state index contributed by atoms with van der Waals surface area (Å²) in [5.74, 6) is 2.72. The van der Waals surface area contributed by atoms with Crippen molar-refractivity contribution >= 4 is 11.6 Å². The fourth-order valence-corrected chi connectivity index (χ4v) is 3.55. The van der Waals surface area contributed by atoms with E-state index in [1.54, 1.807) is 13.2 Å². The summed E-state index contributed by atoms with van der Waals surface area (Å²) in [5, 5.41) is -0.117. The summed E-state index contributed by atoms with van der Waals surface area (Å²) in [5.41, 5.74) is 0.806. The van der Waals surface area contributed by atoms with Gasteiger partial charge in [-0.05, 0) is 55.2 Å². The molecule has 0 aliphatic heterocycles. The molecule has 0 N–H and O–H groups in total. The fraction of sp³-hybridized carbons (Fsp3) is 0.571. The molecule has 0 saturated heterocycles. The molecule has 2 saturated carbocycles. The Kier molecular flexibility index (Phi) is 2.78. The first-order valence-corrected chi connectivity index (χ1v) is 6.60. The molecule has 2 aliphatic rings. The van der Waals surface area contributed by atoms with E-state index >= 15 is 0 Å². The number of ether oxygens (including phenoxy) is 1. The highest BCUT2D eigenvalue weighted by atomic mass is 35.5. The van der Waals surface area contributed by atoms with Crippen molar-refractivity contribution in [2.45, 2.75) is 24.6 Å². The number of halogens is 2. The highest BCUT2D eigenvalue weighted by molar-refractivity contribution is 6.21. The lowest BCUT2D eigenvalue weighted by Gasteiger charge is -2.21. The van der Waals surface area contributed by atoms with Crippen molar-refractivity contribution in [3.05, 3.63) is 29.6 Å². The Bertz CT molecular complexity index is 424. The molecule has 1 aromatic rings. The van der Waals surface area contributed by atoms with Gasteiger partial charge in [-0.25, -0.2) is 4.39 Å². The largest absolute Gasteiger partial charge is 0.496 e. The standard InChI is InChI=1S/C14H16ClFO/c1-17-13-3-2-11(16)7-12(13)14(15)10-5-8-4-9(8)6-10/h2-3,7-10,14H,4-6H2,1H3. The van der Waals surface area contributed by atoms with Crippen molar-refractivity contribution in [3.63, 3.8) is 0 Å². The van der Waals surface area contributed by atoms with Gasteiger partial charge in [0.15, 0.2) is 0 Å². The number of alkyl halides is 1. The zero-order valence-electron chi connectivity index (χ0n) is 9.83. The smallest absolute Gasteiger partial charge is 0.123 e. The number of hydrogen-bond acceptors (Lipinski definition) is 1. The van der Waals surface area contributed by atoms with Crippen molar-refractivity contribution in [2.75, 3.05) is 7.11 Å². The molecule has 2 aliphatic carbocycles. The van der Waals surface area contributed by atoms with Crippen LogP contribution >= 0.6 is 11.6 Å². The minimum atomic E-state index is -0.241. The third kappa shape index (κ3) is 2.03. The number of rotatable bonds is 3. The quantitative estimate of drug-likeness (QED) is 0.736. The highest BCUT2D eigenvalue weighted by Crippen LogP contribution is 2.58. The van der Waals surface area contributed by atoms with E-state index in [4.69, 9.17) is 16.3 Å². The van der Waals surface area contributed by atoms with Crippen LogP contribution in [0.2, 0.25) is 0 Å². The fourth-order valence-electron chi connectivity index (χ4n) is 3.18. The van der Waals surface area contributed by atoms with E-state index in [0.717, 1.165) is 17.4 Å². The molecule has 1 nitrogen and oxygen atoms in total. The van der Waals surface area contributed by atoms with Gasteiger partial charge in [-0.3, -0.25) is 0 Å². The highest BCUT2D eigenvalue weighted by Gasteiger charge is 2.48. The summed E-state index contributed by atoms with van der Waals surface area (Å²) in [4.78, 5) is 0. The maximum atomic E-state index is 13.3. The van der Waals surface area contributed by atoms with Gasteiger partial charge in [0.1, 0.15) is 11.6 Å². The normalized spacial score (nSPS) is 32.1. The van der Waals surface area contributed by atoms with Crippen molar-refractivity contribution in [3.8, 4) is 5.75 Å². The zero-order valence-corrected chi connectivity index (χ0v) is 10.6. The Morgan fingerprint density at radius 2 is 2.00 bits per heavy atom. The lowest BCUT2D eigenvalue weighted by molar-refractivity contribution is 0.396. The van der Waals surface area contributed by atoms with Gasteiger partial charge >= 0.3 is 0 Å². The Labute approximate surface area is 106 Å². The molecule has 0 amide bonds. The van der Waals surface area contributed by atoms with Crippen LogP contribution in [0.3, 0.4) is 0 Å². The summed E-state index contributed by atoms with van der Waals surface area (Å²) < 4.78 is 18.6. The molecule has 17 heavy (non-hydrogen) atoms. The second-order valence-corrected chi connectivity index (χ2v) is 5.75. The van der Waals surface area contributed by atoms with E-state index in [2.05, 4.69) is 0 Å². The predicted molar refractivity (Wildman–Crippen MR) is 65.9 cm³/mol. The van der Waals surface area contributed by atoms with Crippen molar-refractivity contribution in [1.82, 2.24) is 0 Å². The summed E-state index contributed by atoms with van der Waals surface area (Å²) >= 11 is 6.51. The van der Waals surface area contributed by atoms with Crippen LogP contribution in [-0.4, -0.2) is 7.11 Å². The Hall–Kier alpha value is -0.760. The second kappa shape index (κ2) is 4.16. The first-order chi connectivity index (χ1) is 8.19. The van der Waals surface area contributed by atoms with E-state index in [1.807, 2.05) is 0 Å². The summed E-state index contributed by atoms with van der Waals surface area (Å²) in [6.45, 7) is 0. The number of benzene rings is 1. The zero-order chi connectivity index (χ0) is 12.0. The van der Waals surface area contributed by atoms with Crippen LogP contribution in [0.5, 0.6) is 5.75 Å². The number of fused-ring (bicyclic) bond motifs is 1. The van der Waals surface area contributed by atoms with Gasteiger partial charge in [-0.15, -0.1) is 11.6 Å². The van der Waals surface area contributed by atoms with Crippen LogP contribution in [-0.2, 0) is 0 Å². The van der Waals surface area contributed by atoms with Crippen LogP contribution in [0.1, 0.15) is 30.2 Å². The van der Waals surface area contributed by atoms with E-state index in [9.17, 15) is 4.39 Å². The molecule has 0 spiro atoms. The van der Waals surface area contributed by atoms with Gasteiger partial charge in [0.2, 0.25) is 0 Å². The molecular formula is C14H16ClFO. The summed E-state index contributed by atoms with van der Waals surface area (Å²) in [7, 11) is 1.60. The van der Waals surface area contributed by atoms with Gasteiger partial charge in [0.05, 0.1) is 12.5 Å². The van der Waals surface area contributed by atoms with E-state index in [-0.39, 0.29) is 11.2 Å². The molecule has 3 rings (SSSR count). The van der Waals surface area contributed by atoms with Crippen LogP contribution < -0.4 is 4.74 Å². The monoisotopic (exact) mass is 254 g/mol. The lowest BCUT2D eigenvalue weighted by Crippen LogP contribution is -2.08. The molecule has 2 fully saturated rings. The molecule has 92 valence electrons. The number of hydrogen-bond donors (Lipinski definition) is 0. The average molecular weight is 255 g/mol. The third-order valence-corrected chi connectivity index (χ3v) is 4.77. The van der Waals surface area contributed by atoms with Crippen molar-refractivity contribution in [2.24, 2.45) is 17.8 Å². The maximum absolute atomic E-state index is 13.3. The van der Waals surface area contributed by atoms with E-state index < -0.39 is 0 Å². The van der Waals surface area contributed by atoms with Crippen molar-refractivity contribution < 1.29 is 9.13 Å².